The van der Waals surface area contributed by atoms with Gasteiger partial charge in [-0.2, -0.15) is 0 Å². The minimum Gasteiger partial charge on any atom is -0.375 e. The van der Waals surface area contributed by atoms with E-state index in [2.05, 4.69) is 31.6 Å². The third-order valence-electron chi connectivity index (χ3n) is 11.9. The zero-order chi connectivity index (χ0) is 35.5. The zero-order valence-corrected chi connectivity index (χ0v) is 34.2. The first-order valence-corrected chi connectivity index (χ1v) is 22.8. The molecule has 49 heavy (non-hydrogen) atoms. The average Bonchev–Trinajstić information content (AvgIpc) is 3.10. The quantitative estimate of drug-likeness (QED) is 0.130. The van der Waals surface area contributed by atoms with E-state index in [1.54, 1.807) is 6.08 Å². The summed E-state index contributed by atoms with van der Waals surface area (Å²) in [5.74, 6) is 1.97. The molecular formula is C48H91N. The maximum atomic E-state index is 4.57. The number of nitrogens with zero attached hydrogens (tertiary/aromatic N) is 1. The number of allylic oxidation sites excluding steroid dienone is 3. The summed E-state index contributed by atoms with van der Waals surface area (Å²) in [6.45, 7) is 18.9. The molecule has 0 aromatic carbocycles. The van der Waals surface area contributed by atoms with Gasteiger partial charge in [-0.25, -0.2) is 0 Å². The van der Waals surface area contributed by atoms with Gasteiger partial charge in [0.15, 0.2) is 0 Å². The van der Waals surface area contributed by atoms with Crippen molar-refractivity contribution < 1.29 is 0 Å². The van der Waals surface area contributed by atoms with E-state index in [0.717, 1.165) is 11.8 Å². The van der Waals surface area contributed by atoms with E-state index in [-0.39, 0.29) is 0 Å². The molecule has 0 amide bonds. The molecule has 0 bridgehead atoms. The van der Waals surface area contributed by atoms with E-state index in [9.17, 15) is 0 Å². The Morgan fingerprint density at radius 3 is 1.14 bits per heavy atom. The summed E-state index contributed by atoms with van der Waals surface area (Å²) < 4.78 is 0. The van der Waals surface area contributed by atoms with Crippen molar-refractivity contribution in [3.05, 3.63) is 37.1 Å². The van der Waals surface area contributed by atoms with Gasteiger partial charge < -0.3 is 4.90 Å². The Kier molecular flexibility index (Phi) is 33.3. The van der Waals surface area contributed by atoms with Gasteiger partial charge in [0.1, 0.15) is 0 Å². The Labute approximate surface area is 311 Å². The predicted molar refractivity (Wildman–Crippen MR) is 225 cm³/mol. The molecule has 0 unspecified atom stereocenters. The highest BCUT2D eigenvalue weighted by Gasteiger charge is 2.26. The number of likely N-dealkylation sites (tertiary alicyclic amines) is 1. The average molecular weight is 682 g/mol. The van der Waals surface area contributed by atoms with Gasteiger partial charge in [-0.15, -0.1) is 6.58 Å². The van der Waals surface area contributed by atoms with E-state index in [1.165, 1.54) is 256 Å². The fraction of sp³-hybridized carbons (Fsp3) is 0.875. The largest absolute Gasteiger partial charge is 0.375 e. The van der Waals surface area contributed by atoms with Crippen LogP contribution < -0.4 is 0 Å². The molecule has 0 radical (unpaired) electrons. The summed E-state index contributed by atoms with van der Waals surface area (Å²) in [7, 11) is 0. The maximum absolute atomic E-state index is 4.57. The summed E-state index contributed by atoms with van der Waals surface area (Å²) in [4.78, 5) is 2.68. The Balaban J connectivity index is 0.00000385. The second-order valence-corrected chi connectivity index (χ2v) is 16.5. The van der Waals surface area contributed by atoms with Gasteiger partial charge in [0, 0.05) is 18.8 Å². The van der Waals surface area contributed by atoms with Crippen LogP contribution in [0.25, 0.3) is 0 Å². The van der Waals surface area contributed by atoms with Crippen molar-refractivity contribution in [2.75, 3.05) is 13.1 Å². The van der Waals surface area contributed by atoms with Gasteiger partial charge >= 0.3 is 0 Å². The molecular weight excluding hydrogens is 591 g/mol. The van der Waals surface area contributed by atoms with Crippen molar-refractivity contribution in [3.63, 3.8) is 0 Å². The summed E-state index contributed by atoms with van der Waals surface area (Å²) in [6.07, 6.45) is 53.6. The monoisotopic (exact) mass is 682 g/mol. The number of hydrogen-bond donors (Lipinski definition) is 0. The first-order chi connectivity index (χ1) is 24.1. The highest BCUT2D eigenvalue weighted by atomic mass is 15.1. The van der Waals surface area contributed by atoms with Crippen molar-refractivity contribution in [2.24, 2.45) is 11.8 Å². The molecule has 1 heteroatoms. The van der Waals surface area contributed by atoms with Crippen LogP contribution in [0.15, 0.2) is 37.1 Å². The van der Waals surface area contributed by atoms with Crippen molar-refractivity contribution in [1.29, 1.82) is 0 Å². The lowest BCUT2D eigenvalue weighted by atomic mass is 9.78. The summed E-state index contributed by atoms with van der Waals surface area (Å²) in [6, 6.07) is 0. The molecule has 0 aromatic rings. The van der Waals surface area contributed by atoms with Gasteiger partial charge in [0.05, 0.1) is 0 Å². The van der Waals surface area contributed by atoms with Crippen LogP contribution in [-0.4, -0.2) is 18.0 Å². The highest BCUT2D eigenvalue weighted by Crippen LogP contribution is 2.34. The van der Waals surface area contributed by atoms with Gasteiger partial charge in [-0.3, -0.25) is 0 Å². The minimum atomic E-state index is 0.974. The molecule has 1 saturated heterocycles. The number of unbranched alkanes of at least 4 members (excludes halogenated alkanes) is 6. The number of hydrogen-bond acceptors (Lipinski definition) is 1. The zero-order valence-electron chi connectivity index (χ0n) is 34.2. The van der Waals surface area contributed by atoms with E-state index in [4.69, 9.17) is 0 Å². The molecule has 1 aliphatic heterocycles. The highest BCUT2D eigenvalue weighted by molar-refractivity contribution is 4.96. The third kappa shape index (κ3) is 28.3. The molecule has 2 fully saturated rings. The molecule has 1 heterocycles. The van der Waals surface area contributed by atoms with Gasteiger partial charge in [-0.1, -0.05) is 218 Å². The second kappa shape index (κ2) is 35.4. The molecule has 2 rings (SSSR count). The van der Waals surface area contributed by atoms with Crippen LogP contribution in [0.3, 0.4) is 0 Å². The van der Waals surface area contributed by atoms with Crippen LogP contribution in [0.1, 0.15) is 245 Å². The van der Waals surface area contributed by atoms with Gasteiger partial charge in [-0.05, 0) is 63.7 Å². The summed E-state index contributed by atoms with van der Waals surface area (Å²) in [5, 5.41) is 0. The predicted octanol–water partition coefficient (Wildman–Crippen LogP) is 16.9. The first kappa shape index (κ1) is 46.0. The molecule has 1 nitrogen and oxygen atoms in total. The molecule has 288 valence electrons. The lowest BCUT2D eigenvalue weighted by Crippen LogP contribution is -2.35. The molecule has 1 saturated carbocycles. The molecule has 0 spiro atoms. The Morgan fingerprint density at radius 2 is 0.776 bits per heavy atom. The van der Waals surface area contributed by atoms with E-state index in [1.807, 2.05) is 6.92 Å². The third-order valence-corrected chi connectivity index (χ3v) is 11.9. The first-order valence-electron chi connectivity index (χ1n) is 22.8. The van der Waals surface area contributed by atoms with Crippen LogP contribution in [0, 0.1) is 11.8 Å². The molecule has 0 aromatic heterocycles. The van der Waals surface area contributed by atoms with Crippen molar-refractivity contribution in [2.45, 2.75) is 245 Å². The SMILES string of the molecule is C=C(CCC)CCCCCCCCCC(=C)N1CCC(C2CCCCCCCCCCCCCCCCCCCCCCC2)CC1.C=CC. The lowest BCUT2D eigenvalue weighted by Gasteiger charge is -2.38. The number of piperidine rings is 1. The van der Waals surface area contributed by atoms with E-state index < -0.39 is 0 Å². The van der Waals surface area contributed by atoms with Crippen LogP contribution >= 0.6 is 0 Å². The Hall–Kier alpha value is -0.980. The topological polar surface area (TPSA) is 3.24 Å². The minimum absolute atomic E-state index is 0.974. The second-order valence-electron chi connectivity index (χ2n) is 16.5. The van der Waals surface area contributed by atoms with Crippen molar-refractivity contribution >= 4 is 0 Å². The van der Waals surface area contributed by atoms with Crippen LogP contribution in [0.2, 0.25) is 0 Å². The van der Waals surface area contributed by atoms with E-state index in [0.29, 0.717) is 0 Å². The molecule has 0 N–H and O–H groups in total. The standard InChI is InChI=1S/C45H85N.C3H6/c1-4-33-42(2)34-29-25-21-20-22-26-30-35-43(3)46-40-38-45(39-41-46)44-36-31-27-23-18-16-14-12-10-8-6-5-7-9-11-13-15-17-19-24-28-32-37-44;1-3-2/h44-45H,2-41H2,1H3;3H,1H2,2H3. The number of rotatable bonds is 14. The molecule has 0 atom stereocenters. The Bertz CT molecular complexity index is 703. The van der Waals surface area contributed by atoms with Gasteiger partial charge in [0.25, 0.3) is 0 Å². The maximum Gasteiger partial charge on any atom is 0.0177 e. The van der Waals surface area contributed by atoms with E-state index >= 15 is 0 Å². The van der Waals surface area contributed by atoms with Crippen LogP contribution in [0.5, 0.6) is 0 Å². The van der Waals surface area contributed by atoms with Gasteiger partial charge in [0.2, 0.25) is 0 Å². The summed E-state index contributed by atoms with van der Waals surface area (Å²) in [5.41, 5.74) is 2.91. The fourth-order valence-corrected chi connectivity index (χ4v) is 8.70. The lowest BCUT2D eigenvalue weighted by molar-refractivity contribution is 0.156. The normalized spacial score (nSPS) is 20.0. The molecule has 2 aliphatic rings. The van der Waals surface area contributed by atoms with Crippen LogP contribution in [-0.2, 0) is 0 Å². The summed E-state index contributed by atoms with van der Waals surface area (Å²) >= 11 is 0. The smallest absolute Gasteiger partial charge is 0.0177 e. The Morgan fingerprint density at radius 1 is 0.469 bits per heavy atom. The van der Waals surface area contributed by atoms with Crippen molar-refractivity contribution in [1.82, 2.24) is 4.90 Å². The fourth-order valence-electron chi connectivity index (χ4n) is 8.70. The molecule has 1 aliphatic carbocycles. The van der Waals surface area contributed by atoms with Crippen LogP contribution in [0.4, 0.5) is 0 Å². The van der Waals surface area contributed by atoms with Crippen molar-refractivity contribution in [3.8, 4) is 0 Å².